The predicted octanol–water partition coefficient (Wildman–Crippen LogP) is 3.46. The number of aromatic nitrogens is 2. The van der Waals surface area contributed by atoms with Crippen LogP contribution in [-0.4, -0.2) is 34.7 Å². The number of aliphatic carboxylic acids is 1. The van der Waals surface area contributed by atoms with Gasteiger partial charge in [0.1, 0.15) is 5.75 Å². The summed E-state index contributed by atoms with van der Waals surface area (Å²) in [5, 5.41) is 14.9. The molecule has 3 aromatic rings. The lowest BCUT2D eigenvalue weighted by atomic mass is 10.1. The Hall–Kier alpha value is -3.45. The van der Waals surface area contributed by atoms with Crippen LogP contribution in [0.2, 0.25) is 0 Å². The normalized spacial score (nSPS) is 10.5. The third-order valence-electron chi connectivity index (χ3n) is 4.13. The van der Waals surface area contributed by atoms with E-state index in [0.29, 0.717) is 19.0 Å². The monoisotopic (exact) mass is 378 g/mol. The fourth-order valence-corrected chi connectivity index (χ4v) is 2.59. The Morgan fingerprint density at radius 3 is 2.29 bits per heavy atom. The Morgan fingerprint density at radius 1 is 1.00 bits per heavy atom. The number of nitrogens with one attached hydrogen (secondary N) is 2. The lowest BCUT2D eigenvalue weighted by Crippen LogP contribution is -2.17. The van der Waals surface area contributed by atoms with E-state index in [-0.39, 0.29) is 6.42 Å². The van der Waals surface area contributed by atoms with E-state index in [1.807, 2.05) is 48.5 Å². The third-order valence-corrected chi connectivity index (χ3v) is 4.13. The van der Waals surface area contributed by atoms with E-state index in [2.05, 4.69) is 20.6 Å². The molecule has 1 heterocycles. The van der Waals surface area contributed by atoms with Crippen LogP contribution in [0.3, 0.4) is 0 Å². The first-order valence-electron chi connectivity index (χ1n) is 8.89. The van der Waals surface area contributed by atoms with Crippen LogP contribution in [0.25, 0.3) is 11.1 Å². The Balaban J connectivity index is 1.55. The van der Waals surface area contributed by atoms with Crippen LogP contribution < -0.4 is 15.4 Å². The summed E-state index contributed by atoms with van der Waals surface area (Å²) in [7, 11) is 1.64. The summed E-state index contributed by atoms with van der Waals surface area (Å²) < 4.78 is 5.17. The van der Waals surface area contributed by atoms with Crippen molar-refractivity contribution in [1.29, 1.82) is 0 Å². The fraction of sp³-hybridized carbons (Fsp3) is 0.190. The minimum absolute atomic E-state index is 0.115. The Kier molecular flexibility index (Phi) is 6.54. The van der Waals surface area contributed by atoms with E-state index >= 15 is 0 Å². The number of carboxylic acid groups (broad SMARTS) is 1. The van der Waals surface area contributed by atoms with Crippen molar-refractivity contribution >= 4 is 17.6 Å². The highest BCUT2D eigenvalue weighted by Gasteiger charge is 2.03. The summed E-state index contributed by atoms with van der Waals surface area (Å²) in [6.45, 7) is 1.07. The van der Waals surface area contributed by atoms with Gasteiger partial charge in [-0.1, -0.05) is 24.3 Å². The highest BCUT2D eigenvalue weighted by molar-refractivity contribution is 5.66. The topological polar surface area (TPSA) is 96.4 Å². The molecule has 144 valence electrons. The molecule has 0 saturated carbocycles. The molecule has 0 aliphatic carbocycles. The van der Waals surface area contributed by atoms with E-state index in [1.54, 1.807) is 19.5 Å². The quantitative estimate of drug-likeness (QED) is 0.491. The van der Waals surface area contributed by atoms with Gasteiger partial charge in [-0.25, -0.2) is 9.97 Å². The molecule has 0 aliphatic heterocycles. The van der Waals surface area contributed by atoms with Gasteiger partial charge in [-0.2, -0.15) is 0 Å². The zero-order valence-electron chi connectivity index (χ0n) is 15.6. The second kappa shape index (κ2) is 9.48. The average Bonchev–Trinajstić information content (AvgIpc) is 2.73. The highest BCUT2D eigenvalue weighted by atomic mass is 16.5. The number of carboxylic acids is 1. The lowest BCUT2D eigenvalue weighted by Gasteiger charge is -2.08. The first kappa shape index (κ1) is 19.3. The molecule has 0 radical (unpaired) electrons. The molecule has 0 unspecified atom stereocenters. The zero-order valence-corrected chi connectivity index (χ0v) is 15.6. The summed E-state index contributed by atoms with van der Waals surface area (Å²) in [5.74, 6) is 0.526. The molecule has 1 aromatic heterocycles. The van der Waals surface area contributed by atoms with Gasteiger partial charge in [-0.15, -0.1) is 0 Å². The van der Waals surface area contributed by atoms with Crippen molar-refractivity contribution in [2.45, 2.75) is 13.0 Å². The van der Waals surface area contributed by atoms with Crippen LogP contribution in [0.1, 0.15) is 12.0 Å². The van der Waals surface area contributed by atoms with Crippen molar-refractivity contribution in [2.75, 3.05) is 19.0 Å². The van der Waals surface area contributed by atoms with Gasteiger partial charge in [-0.3, -0.25) is 4.79 Å². The minimum atomic E-state index is -0.801. The van der Waals surface area contributed by atoms with Crippen molar-refractivity contribution in [3.05, 3.63) is 66.5 Å². The van der Waals surface area contributed by atoms with Gasteiger partial charge in [-0.05, 0) is 35.4 Å². The number of ether oxygens (including phenoxy) is 1. The summed E-state index contributed by atoms with van der Waals surface area (Å²) in [5.41, 5.74) is 3.90. The number of anilines is 2. The summed E-state index contributed by atoms with van der Waals surface area (Å²) in [4.78, 5) is 19.2. The van der Waals surface area contributed by atoms with Gasteiger partial charge in [0.05, 0.1) is 13.5 Å². The van der Waals surface area contributed by atoms with Crippen molar-refractivity contribution in [3.8, 4) is 16.9 Å². The van der Waals surface area contributed by atoms with Gasteiger partial charge in [0.25, 0.3) is 0 Å². The lowest BCUT2D eigenvalue weighted by molar-refractivity contribution is -0.136. The molecule has 3 rings (SSSR count). The number of rotatable bonds is 9. The fourth-order valence-electron chi connectivity index (χ4n) is 2.59. The standard InChI is InChI=1S/C21H22N4O3/c1-28-19-8-4-16(5-9-19)17-13-23-21(24-14-17)25-18-6-2-15(3-7-18)12-22-11-10-20(26)27/h2-9,13-14,22H,10-12H2,1H3,(H,26,27)(H,23,24,25). The van der Waals surface area contributed by atoms with Gasteiger partial charge in [0.15, 0.2) is 0 Å². The smallest absolute Gasteiger partial charge is 0.304 e. The van der Waals surface area contributed by atoms with Crippen LogP contribution in [0.5, 0.6) is 5.75 Å². The minimum Gasteiger partial charge on any atom is -0.497 e. The molecule has 3 N–H and O–H groups in total. The van der Waals surface area contributed by atoms with Gasteiger partial charge >= 0.3 is 5.97 Å². The van der Waals surface area contributed by atoms with E-state index in [9.17, 15) is 4.79 Å². The molecule has 0 atom stereocenters. The van der Waals surface area contributed by atoms with Crippen molar-refractivity contribution in [1.82, 2.24) is 15.3 Å². The second-order valence-electron chi connectivity index (χ2n) is 6.17. The predicted molar refractivity (Wildman–Crippen MR) is 108 cm³/mol. The number of hydrogen-bond acceptors (Lipinski definition) is 6. The molecular weight excluding hydrogens is 356 g/mol. The molecule has 7 nitrogen and oxygen atoms in total. The molecule has 0 saturated heterocycles. The molecule has 0 aliphatic rings. The second-order valence-corrected chi connectivity index (χ2v) is 6.17. The van der Waals surface area contributed by atoms with E-state index < -0.39 is 5.97 Å². The van der Waals surface area contributed by atoms with Crippen LogP contribution in [-0.2, 0) is 11.3 Å². The van der Waals surface area contributed by atoms with Crippen LogP contribution >= 0.6 is 0 Å². The number of nitrogens with zero attached hydrogens (tertiary/aromatic N) is 2. The Bertz CT molecular complexity index is 894. The molecule has 7 heteroatoms. The van der Waals surface area contributed by atoms with Gasteiger partial charge in [0.2, 0.25) is 5.95 Å². The molecule has 0 amide bonds. The summed E-state index contributed by atoms with van der Waals surface area (Å²) in [6, 6.07) is 15.6. The van der Waals surface area contributed by atoms with E-state index in [1.165, 1.54) is 0 Å². The number of carbonyl (C=O) groups is 1. The van der Waals surface area contributed by atoms with Crippen molar-refractivity contribution in [3.63, 3.8) is 0 Å². The maximum atomic E-state index is 10.5. The molecule has 2 aromatic carbocycles. The van der Waals surface area contributed by atoms with Crippen molar-refractivity contribution < 1.29 is 14.6 Å². The van der Waals surface area contributed by atoms with Crippen LogP contribution in [0.15, 0.2) is 60.9 Å². The van der Waals surface area contributed by atoms with Crippen molar-refractivity contribution in [2.24, 2.45) is 0 Å². The maximum Gasteiger partial charge on any atom is 0.304 e. The van der Waals surface area contributed by atoms with E-state index in [4.69, 9.17) is 9.84 Å². The first-order chi connectivity index (χ1) is 13.6. The Labute approximate surface area is 163 Å². The summed E-state index contributed by atoms with van der Waals surface area (Å²) >= 11 is 0. The zero-order chi connectivity index (χ0) is 19.8. The number of benzene rings is 2. The highest BCUT2D eigenvalue weighted by Crippen LogP contribution is 2.22. The van der Waals surface area contributed by atoms with E-state index in [0.717, 1.165) is 28.1 Å². The SMILES string of the molecule is COc1ccc(-c2cnc(Nc3ccc(CNCCC(=O)O)cc3)nc2)cc1. The average molecular weight is 378 g/mol. The molecule has 0 spiro atoms. The molecule has 0 fully saturated rings. The molecule has 28 heavy (non-hydrogen) atoms. The summed E-state index contributed by atoms with van der Waals surface area (Å²) in [6.07, 6.45) is 3.67. The van der Waals surface area contributed by atoms with Crippen LogP contribution in [0, 0.1) is 0 Å². The maximum absolute atomic E-state index is 10.5. The molecular formula is C21H22N4O3. The van der Waals surface area contributed by atoms with Gasteiger partial charge in [0, 0.05) is 36.7 Å². The largest absolute Gasteiger partial charge is 0.497 e. The Morgan fingerprint density at radius 2 is 1.68 bits per heavy atom. The first-order valence-corrected chi connectivity index (χ1v) is 8.89. The number of methoxy groups -OCH3 is 1. The molecule has 0 bridgehead atoms. The van der Waals surface area contributed by atoms with Crippen LogP contribution in [0.4, 0.5) is 11.6 Å². The third kappa shape index (κ3) is 5.52. The van der Waals surface area contributed by atoms with Gasteiger partial charge < -0.3 is 20.5 Å². The number of hydrogen-bond donors (Lipinski definition) is 3.